The summed E-state index contributed by atoms with van der Waals surface area (Å²) in [6, 6.07) is 5.70. The third kappa shape index (κ3) is 3.84. The minimum Gasteiger partial charge on any atom is -0.381 e. The van der Waals surface area contributed by atoms with Crippen LogP contribution in [0.15, 0.2) is 30.6 Å². The van der Waals surface area contributed by atoms with Crippen molar-refractivity contribution in [1.82, 2.24) is 15.1 Å². The molecule has 2 N–H and O–H groups in total. The van der Waals surface area contributed by atoms with E-state index in [4.69, 9.17) is 0 Å². The molecule has 1 amide bonds. The first-order valence-electron chi connectivity index (χ1n) is 7.28. The van der Waals surface area contributed by atoms with Crippen LogP contribution in [0, 0.1) is 6.92 Å². The monoisotopic (exact) mass is 286 g/mol. The summed E-state index contributed by atoms with van der Waals surface area (Å²) < 4.78 is 1.90. The minimum atomic E-state index is -0.0423. The highest BCUT2D eigenvalue weighted by Crippen LogP contribution is 2.18. The topological polar surface area (TPSA) is 59.0 Å². The molecule has 0 aliphatic heterocycles. The van der Waals surface area contributed by atoms with Crippen molar-refractivity contribution in [3.8, 4) is 0 Å². The summed E-state index contributed by atoms with van der Waals surface area (Å²) in [4.78, 5) is 11.9. The second-order valence-corrected chi connectivity index (χ2v) is 4.95. The average molecular weight is 286 g/mol. The summed E-state index contributed by atoms with van der Waals surface area (Å²) in [5.41, 5.74) is 3.89. The van der Waals surface area contributed by atoms with Gasteiger partial charge in [0.25, 0.3) is 5.91 Å². The Bertz CT molecular complexity index is 618. The van der Waals surface area contributed by atoms with Gasteiger partial charge < -0.3 is 10.6 Å². The third-order valence-electron chi connectivity index (χ3n) is 3.33. The molecule has 0 fully saturated rings. The molecule has 5 heteroatoms. The SMILES string of the molecule is CCNC(=O)c1ccc(C)c(NCc2cnn(CC)c2)c1. The first-order valence-corrected chi connectivity index (χ1v) is 7.28. The van der Waals surface area contributed by atoms with Crippen LogP contribution in [0.4, 0.5) is 5.69 Å². The van der Waals surface area contributed by atoms with E-state index < -0.39 is 0 Å². The third-order valence-corrected chi connectivity index (χ3v) is 3.33. The van der Waals surface area contributed by atoms with E-state index in [0.717, 1.165) is 23.4 Å². The number of nitrogens with zero attached hydrogens (tertiary/aromatic N) is 2. The lowest BCUT2D eigenvalue weighted by Crippen LogP contribution is -2.22. The molecule has 2 rings (SSSR count). The highest BCUT2D eigenvalue weighted by molar-refractivity contribution is 5.95. The normalized spacial score (nSPS) is 10.4. The van der Waals surface area contributed by atoms with E-state index in [2.05, 4.69) is 22.7 Å². The lowest BCUT2D eigenvalue weighted by Gasteiger charge is -2.11. The highest BCUT2D eigenvalue weighted by atomic mass is 16.1. The Morgan fingerprint density at radius 3 is 2.81 bits per heavy atom. The Labute approximate surface area is 125 Å². The van der Waals surface area contributed by atoms with Crippen LogP contribution < -0.4 is 10.6 Å². The number of benzene rings is 1. The molecule has 1 aromatic carbocycles. The maximum Gasteiger partial charge on any atom is 0.251 e. The first kappa shape index (κ1) is 15.1. The van der Waals surface area contributed by atoms with Crippen molar-refractivity contribution in [3.05, 3.63) is 47.3 Å². The smallest absolute Gasteiger partial charge is 0.251 e. The molecule has 0 spiro atoms. The predicted molar refractivity (Wildman–Crippen MR) is 84.4 cm³/mol. The Morgan fingerprint density at radius 1 is 1.33 bits per heavy atom. The Kier molecular flexibility index (Phi) is 4.98. The van der Waals surface area contributed by atoms with Crippen molar-refractivity contribution in [2.24, 2.45) is 0 Å². The molecular weight excluding hydrogens is 264 g/mol. The van der Waals surface area contributed by atoms with E-state index in [9.17, 15) is 4.79 Å². The predicted octanol–water partition coefficient (Wildman–Crippen LogP) is 2.57. The van der Waals surface area contributed by atoms with Crippen LogP contribution in [-0.4, -0.2) is 22.2 Å². The number of carbonyl (C=O) groups excluding carboxylic acids is 1. The van der Waals surface area contributed by atoms with Gasteiger partial charge in [-0.05, 0) is 38.5 Å². The van der Waals surface area contributed by atoms with E-state index in [0.29, 0.717) is 18.7 Å². The number of carbonyl (C=O) groups is 1. The number of nitrogens with one attached hydrogen (secondary N) is 2. The Hall–Kier alpha value is -2.30. The van der Waals surface area contributed by atoms with E-state index in [1.165, 1.54) is 0 Å². The second-order valence-electron chi connectivity index (χ2n) is 4.95. The van der Waals surface area contributed by atoms with Crippen LogP contribution in [0.2, 0.25) is 0 Å². The summed E-state index contributed by atoms with van der Waals surface area (Å²) in [5, 5.41) is 10.4. The lowest BCUT2D eigenvalue weighted by atomic mass is 10.1. The number of hydrogen-bond donors (Lipinski definition) is 2. The summed E-state index contributed by atoms with van der Waals surface area (Å²) in [6.45, 7) is 8.19. The quantitative estimate of drug-likeness (QED) is 0.858. The van der Waals surface area contributed by atoms with Crippen LogP contribution >= 0.6 is 0 Å². The molecule has 0 atom stereocenters. The van der Waals surface area contributed by atoms with Crippen molar-refractivity contribution in [3.63, 3.8) is 0 Å². The minimum absolute atomic E-state index is 0.0423. The maximum absolute atomic E-state index is 11.9. The van der Waals surface area contributed by atoms with E-state index in [1.807, 2.05) is 49.1 Å². The highest BCUT2D eigenvalue weighted by Gasteiger charge is 2.07. The zero-order valence-electron chi connectivity index (χ0n) is 12.8. The molecule has 5 nitrogen and oxygen atoms in total. The van der Waals surface area contributed by atoms with Crippen molar-refractivity contribution in [1.29, 1.82) is 0 Å². The number of rotatable bonds is 6. The number of amides is 1. The van der Waals surface area contributed by atoms with Crippen LogP contribution in [0.5, 0.6) is 0 Å². The number of anilines is 1. The average Bonchev–Trinajstić information content (AvgIpc) is 2.94. The molecule has 1 heterocycles. The molecule has 0 aliphatic rings. The molecule has 112 valence electrons. The van der Waals surface area contributed by atoms with E-state index in [1.54, 1.807) is 0 Å². The van der Waals surface area contributed by atoms with Gasteiger partial charge in [-0.15, -0.1) is 0 Å². The van der Waals surface area contributed by atoms with Gasteiger partial charge in [-0.3, -0.25) is 9.48 Å². The summed E-state index contributed by atoms with van der Waals surface area (Å²) in [5.74, 6) is -0.0423. The van der Waals surface area contributed by atoms with Gasteiger partial charge in [-0.1, -0.05) is 6.07 Å². The summed E-state index contributed by atoms with van der Waals surface area (Å²) >= 11 is 0. The number of aryl methyl sites for hydroxylation is 2. The molecule has 2 aromatic rings. The molecule has 0 saturated heterocycles. The van der Waals surface area contributed by atoms with Gasteiger partial charge in [0.15, 0.2) is 0 Å². The molecule has 0 unspecified atom stereocenters. The number of aromatic nitrogens is 2. The molecular formula is C16H22N4O. The molecule has 0 radical (unpaired) electrons. The van der Waals surface area contributed by atoms with Gasteiger partial charge in [0.05, 0.1) is 6.20 Å². The summed E-state index contributed by atoms with van der Waals surface area (Å²) in [7, 11) is 0. The van der Waals surface area contributed by atoms with Crippen LogP contribution in [-0.2, 0) is 13.1 Å². The van der Waals surface area contributed by atoms with E-state index >= 15 is 0 Å². The molecule has 0 bridgehead atoms. The Morgan fingerprint density at radius 2 is 2.14 bits per heavy atom. The van der Waals surface area contributed by atoms with Crippen molar-refractivity contribution < 1.29 is 4.79 Å². The molecule has 0 aliphatic carbocycles. The van der Waals surface area contributed by atoms with Gasteiger partial charge in [-0.25, -0.2) is 0 Å². The van der Waals surface area contributed by atoms with Crippen LogP contribution in [0.3, 0.4) is 0 Å². The fourth-order valence-corrected chi connectivity index (χ4v) is 2.08. The number of hydrogen-bond acceptors (Lipinski definition) is 3. The van der Waals surface area contributed by atoms with Crippen LogP contribution in [0.25, 0.3) is 0 Å². The first-order chi connectivity index (χ1) is 10.1. The largest absolute Gasteiger partial charge is 0.381 e. The fraction of sp³-hybridized carbons (Fsp3) is 0.375. The molecule has 1 aromatic heterocycles. The maximum atomic E-state index is 11.9. The van der Waals surface area contributed by atoms with Gasteiger partial charge in [-0.2, -0.15) is 5.10 Å². The van der Waals surface area contributed by atoms with Gasteiger partial charge in [0, 0.05) is 42.6 Å². The van der Waals surface area contributed by atoms with Crippen LogP contribution in [0.1, 0.15) is 35.3 Å². The zero-order chi connectivity index (χ0) is 15.2. The second kappa shape index (κ2) is 6.92. The summed E-state index contributed by atoms with van der Waals surface area (Å²) in [6.07, 6.45) is 3.88. The van der Waals surface area contributed by atoms with Gasteiger partial charge in [0.1, 0.15) is 0 Å². The van der Waals surface area contributed by atoms with Crippen molar-refractivity contribution in [2.45, 2.75) is 33.9 Å². The fourth-order valence-electron chi connectivity index (χ4n) is 2.08. The molecule has 0 saturated carbocycles. The van der Waals surface area contributed by atoms with Gasteiger partial charge >= 0.3 is 0 Å². The van der Waals surface area contributed by atoms with Crippen molar-refractivity contribution >= 4 is 11.6 Å². The zero-order valence-corrected chi connectivity index (χ0v) is 12.8. The molecule has 21 heavy (non-hydrogen) atoms. The standard InChI is InChI=1S/C16H22N4O/c1-4-17-16(21)14-7-6-12(3)15(8-14)18-9-13-10-19-20(5-2)11-13/h6-8,10-11,18H,4-5,9H2,1-3H3,(H,17,21). The van der Waals surface area contributed by atoms with Gasteiger partial charge in [0.2, 0.25) is 0 Å². The lowest BCUT2D eigenvalue weighted by molar-refractivity contribution is 0.0956. The van der Waals surface area contributed by atoms with Crippen molar-refractivity contribution in [2.75, 3.05) is 11.9 Å². The van der Waals surface area contributed by atoms with E-state index in [-0.39, 0.29) is 5.91 Å². The Balaban J connectivity index is 2.08.